The van der Waals surface area contributed by atoms with Gasteiger partial charge in [-0.1, -0.05) is 25.0 Å². The molecule has 2 aromatic carbocycles. The van der Waals surface area contributed by atoms with Crippen molar-refractivity contribution >= 4 is 15.7 Å². The topological polar surface area (TPSA) is 114 Å². The standard InChI is InChI=1S/C19H19N3O5S/c20-14-15-7-3-4-8-18(15)27-19-10-9-16(13-17(19)22(23)24)28(25,26)21-11-5-1-2-6-12-21/h3-4,7-10,13H,1-2,5-6,11-12H2. The highest BCUT2D eigenvalue weighted by atomic mass is 32.2. The molecule has 1 aliphatic rings. The van der Waals surface area contributed by atoms with Gasteiger partial charge < -0.3 is 4.74 Å². The summed E-state index contributed by atoms with van der Waals surface area (Å²) in [5.41, 5.74) is -0.248. The first-order valence-corrected chi connectivity index (χ1v) is 10.3. The van der Waals surface area contributed by atoms with E-state index >= 15 is 0 Å². The van der Waals surface area contributed by atoms with E-state index in [1.54, 1.807) is 12.1 Å². The number of rotatable bonds is 5. The lowest BCUT2D eigenvalue weighted by Crippen LogP contribution is -2.31. The van der Waals surface area contributed by atoms with Crippen LogP contribution in [0.2, 0.25) is 0 Å². The number of hydrogen-bond donors (Lipinski definition) is 0. The van der Waals surface area contributed by atoms with E-state index in [-0.39, 0.29) is 22.0 Å². The maximum atomic E-state index is 12.9. The first-order chi connectivity index (χ1) is 13.4. The molecule has 0 radical (unpaired) electrons. The molecule has 0 spiro atoms. The van der Waals surface area contributed by atoms with Crippen molar-refractivity contribution in [2.45, 2.75) is 30.6 Å². The summed E-state index contributed by atoms with van der Waals surface area (Å²) in [6.07, 6.45) is 3.48. The Morgan fingerprint density at radius 2 is 1.71 bits per heavy atom. The van der Waals surface area contributed by atoms with Crippen LogP contribution in [-0.4, -0.2) is 30.7 Å². The van der Waals surface area contributed by atoms with Gasteiger partial charge in [-0.3, -0.25) is 10.1 Å². The minimum Gasteiger partial charge on any atom is -0.449 e. The lowest BCUT2D eigenvalue weighted by Gasteiger charge is -2.20. The van der Waals surface area contributed by atoms with Gasteiger partial charge in [-0.05, 0) is 37.1 Å². The molecule has 1 fully saturated rings. The van der Waals surface area contributed by atoms with Crippen LogP contribution in [0.5, 0.6) is 11.5 Å². The van der Waals surface area contributed by atoms with Gasteiger partial charge >= 0.3 is 5.69 Å². The van der Waals surface area contributed by atoms with Crippen LogP contribution in [0.4, 0.5) is 5.69 Å². The van der Waals surface area contributed by atoms with Crippen LogP contribution in [0.1, 0.15) is 31.2 Å². The van der Waals surface area contributed by atoms with E-state index in [0.717, 1.165) is 31.7 Å². The zero-order valence-electron chi connectivity index (χ0n) is 15.1. The fourth-order valence-corrected chi connectivity index (χ4v) is 4.62. The molecule has 0 amide bonds. The Balaban J connectivity index is 1.97. The lowest BCUT2D eigenvalue weighted by atomic mass is 10.2. The van der Waals surface area contributed by atoms with E-state index in [2.05, 4.69) is 0 Å². The van der Waals surface area contributed by atoms with Crippen molar-refractivity contribution < 1.29 is 18.1 Å². The van der Waals surface area contributed by atoms with Crippen molar-refractivity contribution in [1.29, 1.82) is 5.26 Å². The van der Waals surface area contributed by atoms with Crippen molar-refractivity contribution in [3.05, 3.63) is 58.1 Å². The molecule has 0 aliphatic carbocycles. The van der Waals surface area contributed by atoms with Crippen molar-refractivity contribution in [3.8, 4) is 17.6 Å². The minimum absolute atomic E-state index is 0.123. The van der Waals surface area contributed by atoms with Gasteiger partial charge in [-0.25, -0.2) is 8.42 Å². The molecule has 8 nitrogen and oxygen atoms in total. The number of sulfonamides is 1. The van der Waals surface area contributed by atoms with Gasteiger partial charge in [-0.2, -0.15) is 9.57 Å². The molecule has 0 aromatic heterocycles. The van der Waals surface area contributed by atoms with Crippen molar-refractivity contribution in [3.63, 3.8) is 0 Å². The third-order valence-electron chi connectivity index (χ3n) is 4.56. The maximum absolute atomic E-state index is 12.9. The van der Waals surface area contributed by atoms with Crippen LogP contribution in [0.25, 0.3) is 0 Å². The second kappa shape index (κ2) is 8.37. The third-order valence-corrected chi connectivity index (χ3v) is 6.45. The third kappa shape index (κ3) is 4.13. The Labute approximate surface area is 163 Å². The Kier molecular flexibility index (Phi) is 5.92. The Morgan fingerprint density at radius 1 is 1.04 bits per heavy atom. The zero-order valence-corrected chi connectivity index (χ0v) is 15.9. The molecule has 0 unspecified atom stereocenters. The van der Waals surface area contributed by atoms with Gasteiger partial charge in [0.2, 0.25) is 15.8 Å². The SMILES string of the molecule is N#Cc1ccccc1Oc1ccc(S(=O)(=O)N2CCCCCC2)cc1[N+](=O)[O-]. The van der Waals surface area contributed by atoms with E-state index in [1.807, 2.05) is 6.07 Å². The van der Waals surface area contributed by atoms with Crippen LogP contribution in [0, 0.1) is 21.4 Å². The molecule has 146 valence electrons. The van der Waals surface area contributed by atoms with E-state index in [9.17, 15) is 18.5 Å². The van der Waals surface area contributed by atoms with E-state index in [1.165, 1.54) is 28.6 Å². The number of nitro benzene ring substituents is 1. The summed E-state index contributed by atoms with van der Waals surface area (Å²) in [6, 6.07) is 11.9. The molecule has 0 N–H and O–H groups in total. The number of benzene rings is 2. The minimum atomic E-state index is -3.82. The molecule has 1 aliphatic heterocycles. The van der Waals surface area contributed by atoms with Crippen LogP contribution in [-0.2, 0) is 10.0 Å². The predicted molar refractivity (Wildman–Crippen MR) is 102 cm³/mol. The van der Waals surface area contributed by atoms with Crippen LogP contribution < -0.4 is 4.74 Å². The van der Waals surface area contributed by atoms with Gasteiger partial charge in [0.05, 0.1) is 15.4 Å². The van der Waals surface area contributed by atoms with Crippen LogP contribution in [0.3, 0.4) is 0 Å². The first-order valence-electron chi connectivity index (χ1n) is 8.89. The number of nitro groups is 1. The number of nitrogens with zero attached hydrogens (tertiary/aromatic N) is 3. The van der Waals surface area contributed by atoms with E-state index in [4.69, 9.17) is 10.00 Å². The summed E-state index contributed by atoms with van der Waals surface area (Å²) < 4.78 is 32.7. The van der Waals surface area contributed by atoms with Gasteiger partial charge in [0.25, 0.3) is 0 Å². The quantitative estimate of drug-likeness (QED) is 0.556. The van der Waals surface area contributed by atoms with Gasteiger partial charge in [0.1, 0.15) is 11.8 Å². The van der Waals surface area contributed by atoms with Gasteiger partial charge in [-0.15, -0.1) is 0 Å². The Bertz CT molecular complexity index is 1020. The van der Waals surface area contributed by atoms with Crippen molar-refractivity contribution in [2.75, 3.05) is 13.1 Å². The zero-order chi connectivity index (χ0) is 20.1. The predicted octanol–water partition coefficient (Wildman–Crippen LogP) is 3.82. The normalized spacial score (nSPS) is 15.4. The molecule has 0 atom stereocenters. The Morgan fingerprint density at radius 3 is 2.36 bits per heavy atom. The summed E-state index contributed by atoms with van der Waals surface area (Å²) in [5, 5.41) is 20.7. The molecular weight excluding hydrogens is 382 g/mol. The highest BCUT2D eigenvalue weighted by molar-refractivity contribution is 7.89. The molecule has 0 bridgehead atoms. The average Bonchev–Trinajstić information content (AvgIpc) is 2.98. The maximum Gasteiger partial charge on any atom is 0.312 e. The molecule has 3 rings (SSSR count). The fourth-order valence-electron chi connectivity index (χ4n) is 3.08. The Hall–Kier alpha value is -2.96. The molecule has 0 saturated carbocycles. The largest absolute Gasteiger partial charge is 0.449 e. The van der Waals surface area contributed by atoms with Crippen LogP contribution >= 0.6 is 0 Å². The second-order valence-corrected chi connectivity index (χ2v) is 8.35. The summed E-state index contributed by atoms with van der Waals surface area (Å²) in [6.45, 7) is 0.813. The molecule has 2 aromatic rings. The summed E-state index contributed by atoms with van der Waals surface area (Å²) in [4.78, 5) is 10.7. The molecule has 1 saturated heterocycles. The summed E-state index contributed by atoms with van der Waals surface area (Å²) in [5.74, 6) is 0.0405. The molecular formula is C19H19N3O5S. The molecule has 28 heavy (non-hydrogen) atoms. The summed E-state index contributed by atoms with van der Waals surface area (Å²) in [7, 11) is -3.82. The van der Waals surface area contributed by atoms with Crippen molar-refractivity contribution in [1.82, 2.24) is 4.31 Å². The van der Waals surface area contributed by atoms with E-state index < -0.39 is 20.6 Å². The highest BCUT2D eigenvalue weighted by Crippen LogP contribution is 2.35. The van der Waals surface area contributed by atoms with Crippen molar-refractivity contribution in [2.24, 2.45) is 0 Å². The molecule has 9 heteroatoms. The average molecular weight is 401 g/mol. The highest BCUT2D eigenvalue weighted by Gasteiger charge is 2.28. The fraction of sp³-hybridized carbons (Fsp3) is 0.316. The number of ether oxygens (including phenoxy) is 1. The number of para-hydroxylation sites is 1. The number of hydrogen-bond acceptors (Lipinski definition) is 6. The van der Waals surface area contributed by atoms with Crippen LogP contribution in [0.15, 0.2) is 47.4 Å². The smallest absolute Gasteiger partial charge is 0.312 e. The lowest BCUT2D eigenvalue weighted by molar-refractivity contribution is -0.385. The van der Waals surface area contributed by atoms with Gasteiger partial charge in [0.15, 0.2) is 0 Å². The summed E-state index contributed by atoms with van der Waals surface area (Å²) >= 11 is 0. The van der Waals surface area contributed by atoms with E-state index in [0.29, 0.717) is 13.1 Å². The van der Waals surface area contributed by atoms with Gasteiger partial charge in [0, 0.05) is 19.2 Å². The number of nitriles is 1. The first kappa shape index (κ1) is 19.8. The second-order valence-electron chi connectivity index (χ2n) is 6.41. The molecule has 1 heterocycles. The monoisotopic (exact) mass is 401 g/mol.